The molecule has 0 spiro atoms. The molecule has 0 aromatic heterocycles. The third-order valence-electron chi connectivity index (χ3n) is 2.73. The number of hydrogen-bond acceptors (Lipinski definition) is 2. The van der Waals surface area contributed by atoms with Crippen LogP contribution in [-0.4, -0.2) is 39.2 Å². The lowest BCUT2D eigenvalue weighted by Crippen LogP contribution is -2.46. The van der Waals surface area contributed by atoms with Gasteiger partial charge in [0.05, 0.1) is 0 Å². The summed E-state index contributed by atoms with van der Waals surface area (Å²) >= 11 is 0. The SMILES string of the molecule is CCCC1CN(C(C)C)CCS1=O. The van der Waals surface area contributed by atoms with Crippen molar-refractivity contribution in [2.24, 2.45) is 0 Å². The maximum absolute atomic E-state index is 11.6. The van der Waals surface area contributed by atoms with Crippen LogP contribution in [0.2, 0.25) is 0 Å². The minimum Gasteiger partial charge on any atom is -0.299 e. The smallest absolute Gasteiger partial charge is 0.0475 e. The van der Waals surface area contributed by atoms with Crippen molar-refractivity contribution in [3.05, 3.63) is 0 Å². The topological polar surface area (TPSA) is 20.3 Å². The van der Waals surface area contributed by atoms with Crippen LogP contribution in [0.3, 0.4) is 0 Å². The van der Waals surface area contributed by atoms with Gasteiger partial charge in [0.2, 0.25) is 0 Å². The van der Waals surface area contributed by atoms with E-state index < -0.39 is 10.8 Å². The standard InChI is InChI=1S/C10H21NOS/c1-4-5-10-8-11(9(2)3)6-7-13(10)12/h9-10H,4-8H2,1-3H3. The van der Waals surface area contributed by atoms with Crippen LogP contribution in [0.1, 0.15) is 33.6 Å². The monoisotopic (exact) mass is 203 g/mol. The van der Waals surface area contributed by atoms with Crippen LogP contribution in [0.25, 0.3) is 0 Å². The molecule has 1 saturated heterocycles. The van der Waals surface area contributed by atoms with Crippen LogP contribution in [0.15, 0.2) is 0 Å². The summed E-state index contributed by atoms with van der Waals surface area (Å²) in [6.07, 6.45) is 2.28. The van der Waals surface area contributed by atoms with E-state index >= 15 is 0 Å². The molecule has 0 saturated carbocycles. The Hall–Kier alpha value is 0.110. The highest BCUT2D eigenvalue weighted by molar-refractivity contribution is 7.85. The first-order valence-electron chi connectivity index (χ1n) is 5.26. The zero-order valence-corrected chi connectivity index (χ0v) is 9.77. The van der Waals surface area contributed by atoms with Crippen LogP contribution in [-0.2, 0) is 10.8 Å². The summed E-state index contributed by atoms with van der Waals surface area (Å²) in [4.78, 5) is 2.45. The molecule has 1 aliphatic heterocycles. The molecular weight excluding hydrogens is 182 g/mol. The molecule has 2 nitrogen and oxygen atoms in total. The molecule has 3 heteroatoms. The Balaban J connectivity index is 2.47. The summed E-state index contributed by atoms with van der Waals surface area (Å²) in [7, 11) is -0.557. The van der Waals surface area contributed by atoms with Gasteiger partial charge in [0, 0.05) is 40.9 Å². The Bertz CT molecular complexity index is 182. The molecule has 0 aliphatic carbocycles. The summed E-state index contributed by atoms with van der Waals surface area (Å²) in [6.45, 7) is 8.67. The molecule has 13 heavy (non-hydrogen) atoms. The summed E-state index contributed by atoms with van der Waals surface area (Å²) < 4.78 is 11.6. The fraction of sp³-hybridized carbons (Fsp3) is 1.00. The molecule has 1 aliphatic rings. The molecule has 0 amide bonds. The molecule has 78 valence electrons. The first-order valence-corrected chi connectivity index (χ1v) is 6.64. The first-order chi connectivity index (χ1) is 6.15. The van der Waals surface area contributed by atoms with Crippen LogP contribution in [0.5, 0.6) is 0 Å². The van der Waals surface area contributed by atoms with Gasteiger partial charge in [-0.15, -0.1) is 0 Å². The van der Waals surface area contributed by atoms with Gasteiger partial charge in [-0.1, -0.05) is 13.3 Å². The van der Waals surface area contributed by atoms with E-state index in [1.165, 1.54) is 0 Å². The van der Waals surface area contributed by atoms with Crippen molar-refractivity contribution in [1.29, 1.82) is 0 Å². The second-order valence-electron chi connectivity index (χ2n) is 4.08. The fourth-order valence-electron chi connectivity index (χ4n) is 1.82. The fourth-order valence-corrected chi connectivity index (χ4v) is 3.43. The van der Waals surface area contributed by atoms with Crippen LogP contribution in [0, 0.1) is 0 Å². The molecule has 1 fully saturated rings. The van der Waals surface area contributed by atoms with Gasteiger partial charge in [0.15, 0.2) is 0 Å². The zero-order chi connectivity index (χ0) is 9.84. The second-order valence-corrected chi connectivity index (χ2v) is 5.92. The Morgan fingerprint density at radius 1 is 1.54 bits per heavy atom. The molecule has 0 aromatic carbocycles. The van der Waals surface area contributed by atoms with E-state index in [1.807, 2.05) is 0 Å². The largest absolute Gasteiger partial charge is 0.299 e. The van der Waals surface area contributed by atoms with E-state index in [0.717, 1.165) is 31.7 Å². The van der Waals surface area contributed by atoms with Crippen molar-refractivity contribution in [2.45, 2.75) is 44.9 Å². The lowest BCUT2D eigenvalue weighted by Gasteiger charge is -2.34. The van der Waals surface area contributed by atoms with Gasteiger partial charge in [-0.2, -0.15) is 0 Å². The van der Waals surface area contributed by atoms with Gasteiger partial charge in [-0.25, -0.2) is 0 Å². The highest BCUT2D eigenvalue weighted by Crippen LogP contribution is 2.15. The molecule has 0 radical (unpaired) electrons. The molecular formula is C10H21NOS. The van der Waals surface area contributed by atoms with Gasteiger partial charge < -0.3 is 0 Å². The van der Waals surface area contributed by atoms with Gasteiger partial charge in [0.1, 0.15) is 0 Å². The minimum atomic E-state index is -0.557. The van der Waals surface area contributed by atoms with Gasteiger partial charge in [-0.3, -0.25) is 9.11 Å². The van der Waals surface area contributed by atoms with E-state index in [-0.39, 0.29) is 0 Å². The first kappa shape index (κ1) is 11.2. The maximum atomic E-state index is 11.6. The van der Waals surface area contributed by atoms with Crippen molar-refractivity contribution in [3.63, 3.8) is 0 Å². The third kappa shape index (κ3) is 3.06. The predicted molar refractivity (Wildman–Crippen MR) is 58.4 cm³/mol. The third-order valence-corrected chi connectivity index (χ3v) is 4.44. The average Bonchev–Trinajstić information content (AvgIpc) is 2.08. The van der Waals surface area contributed by atoms with E-state index in [2.05, 4.69) is 25.7 Å². The van der Waals surface area contributed by atoms with E-state index in [4.69, 9.17) is 0 Å². The Morgan fingerprint density at radius 2 is 2.23 bits per heavy atom. The van der Waals surface area contributed by atoms with Crippen molar-refractivity contribution in [1.82, 2.24) is 4.90 Å². The quantitative estimate of drug-likeness (QED) is 0.695. The maximum Gasteiger partial charge on any atom is 0.0475 e. The Labute approximate surface area is 84.2 Å². The number of nitrogens with zero attached hydrogens (tertiary/aromatic N) is 1. The van der Waals surface area contributed by atoms with Gasteiger partial charge >= 0.3 is 0 Å². The molecule has 1 rings (SSSR count). The summed E-state index contributed by atoms with van der Waals surface area (Å²) in [5.41, 5.74) is 0. The van der Waals surface area contributed by atoms with E-state index in [0.29, 0.717) is 11.3 Å². The summed E-state index contributed by atoms with van der Waals surface area (Å²) in [5, 5.41) is 0.432. The lowest BCUT2D eigenvalue weighted by molar-refractivity contribution is 0.224. The Morgan fingerprint density at radius 3 is 2.77 bits per heavy atom. The molecule has 0 bridgehead atoms. The highest BCUT2D eigenvalue weighted by Gasteiger charge is 2.26. The Kier molecular flexibility index (Phi) is 4.39. The zero-order valence-electron chi connectivity index (χ0n) is 8.95. The summed E-state index contributed by atoms with van der Waals surface area (Å²) in [5.74, 6) is 0.878. The van der Waals surface area contributed by atoms with Crippen LogP contribution >= 0.6 is 0 Å². The minimum absolute atomic E-state index is 0.432. The molecule has 0 N–H and O–H groups in total. The number of rotatable bonds is 3. The van der Waals surface area contributed by atoms with Crippen LogP contribution < -0.4 is 0 Å². The highest BCUT2D eigenvalue weighted by atomic mass is 32.2. The molecule has 2 unspecified atom stereocenters. The average molecular weight is 203 g/mol. The normalized spacial score (nSPS) is 31.1. The van der Waals surface area contributed by atoms with Crippen LogP contribution in [0.4, 0.5) is 0 Å². The number of hydrogen-bond donors (Lipinski definition) is 0. The van der Waals surface area contributed by atoms with Gasteiger partial charge in [0.25, 0.3) is 0 Å². The van der Waals surface area contributed by atoms with E-state index in [9.17, 15) is 4.21 Å². The van der Waals surface area contributed by atoms with Crippen molar-refractivity contribution in [3.8, 4) is 0 Å². The molecule has 2 atom stereocenters. The second kappa shape index (κ2) is 5.11. The summed E-state index contributed by atoms with van der Waals surface area (Å²) in [6, 6.07) is 0.608. The van der Waals surface area contributed by atoms with E-state index in [1.54, 1.807) is 0 Å². The van der Waals surface area contributed by atoms with Crippen molar-refractivity contribution < 1.29 is 4.21 Å². The van der Waals surface area contributed by atoms with Gasteiger partial charge in [-0.05, 0) is 20.3 Å². The molecule has 0 aromatic rings. The molecule has 1 heterocycles. The lowest BCUT2D eigenvalue weighted by atomic mass is 10.2. The predicted octanol–water partition coefficient (Wildman–Crippen LogP) is 1.63. The van der Waals surface area contributed by atoms with Crippen molar-refractivity contribution in [2.75, 3.05) is 18.8 Å². The van der Waals surface area contributed by atoms with Crippen molar-refractivity contribution >= 4 is 10.8 Å².